The molecular weight excluding hydrogens is 432 g/mol. The van der Waals surface area contributed by atoms with Crippen molar-refractivity contribution in [1.82, 2.24) is 0 Å². The molecular formula is C36H22. The number of fused-ring (bicyclic) bond motifs is 16. The first-order valence-corrected chi connectivity index (χ1v) is 12.8. The van der Waals surface area contributed by atoms with Crippen LogP contribution >= 0.6 is 0 Å². The van der Waals surface area contributed by atoms with Gasteiger partial charge in [-0.2, -0.15) is 0 Å². The molecule has 3 aliphatic carbocycles. The molecule has 0 atom stereocenters. The summed E-state index contributed by atoms with van der Waals surface area (Å²) < 4.78 is 0. The van der Waals surface area contributed by atoms with E-state index in [4.69, 9.17) is 0 Å². The van der Waals surface area contributed by atoms with Gasteiger partial charge in [0.25, 0.3) is 0 Å². The van der Waals surface area contributed by atoms with Crippen LogP contribution < -0.4 is 0 Å². The normalized spacial score (nSPS) is 14.8. The number of benzene rings is 6. The molecule has 6 aromatic carbocycles. The van der Waals surface area contributed by atoms with Crippen LogP contribution in [0.1, 0.15) is 33.4 Å². The molecule has 0 amide bonds. The van der Waals surface area contributed by atoms with Crippen LogP contribution in [0.5, 0.6) is 0 Å². The van der Waals surface area contributed by atoms with Crippen LogP contribution in [0.15, 0.2) is 121 Å². The largest absolute Gasteiger partial charge is 0.0728 e. The minimum atomic E-state index is -0.275. The van der Waals surface area contributed by atoms with E-state index in [0.717, 1.165) is 6.42 Å². The van der Waals surface area contributed by atoms with Gasteiger partial charge < -0.3 is 0 Å². The predicted molar refractivity (Wildman–Crippen MR) is 148 cm³/mol. The van der Waals surface area contributed by atoms with Gasteiger partial charge in [0.2, 0.25) is 0 Å². The van der Waals surface area contributed by atoms with Crippen LogP contribution in [0.3, 0.4) is 0 Å². The molecule has 0 aromatic heterocycles. The molecule has 9 rings (SSSR count). The molecule has 6 aromatic rings. The van der Waals surface area contributed by atoms with E-state index in [1.54, 1.807) is 0 Å². The lowest BCUT2D eigenvalue weighted by atomic mass is 9.69. The summed E-state index contributed by atoms with van der Waals surface area (Å²) >= 11 is 0. The molecule has 3 aliphatic rings. The van der Waals surface area contributed by atoms with Gasteiger partial charge in [0, 0.05) is 0 Å². The molecule has 0 bridgehead atoms. The van der Waals surface area contributed by atoms with Crippen molar-refractivity contribution in [2.75, 3.05) is 0 Å². The molecule has 0 heteroatoms. The summed E-state index contributed by atoms with van der Waals surface area (Å²) in [7, 11) is 0. The van der Waals surface area contributed by atoms with Crippen LogP contribution in [-0.4, -0.2) is 0 Å². The molecule has 0 saturated carbocycles. The van der Waals surface area contributed by atoms with Gasteiger partial charge in [-0.3, -0.25) is 0 Å². The molecule has 0 heterocycles. The standard InChI is InChI=1S/C36H22/c1-2-10-23-22(9-1)17-18-24-25-19-20-29-28-13-5-8-16-34(28)36(35(29)31(25)21-30(23)24)32-14-6-3-11-26(32)27-12-4-7-15-33(27)36/h1-20H,21H2. The van der Waals surface area contributed by atoms with E-state index in [1.165, 1.54) is 77.5 Å². The van der Waals surface area contributed by atoms with E-state index in [-0.39, 0.29) is 5.41 Å². The van der Waals surface area contributed by atoms with Gasteiger partial charge in [0.05, 0.1) is 5.41 Å². The average Bonchev–Trinajstić information content (AvgIpc) is 3.57. The summed E-state index contributed by atoms with van der Waals surface area (Å²) in [6.07, 6.45) is 0.981. The Morgan fingerprint density at radius 3 is 1.58 bits per heavy atom. The molecule has 0 fully saturated rings. The first-order chi connectivity index (χ1) is 17.9. The second-order valence-corrected chi connectivity index (χ2v) is 10.4. The molecule has 36 heavy (non-hydrogen) atoms. The van der Waals surface area contributed by atoms with E-state index >= 15 is 0 Å². The summed E-state index contributed by atoms with van der Waals surface area (Å²) in [5.74, 6) is 0. The second-order valence-electron chi connectivity index (χ2n) is 10.4. The Hall–Kier alpha value is -4.42. The van der Waals surface area contributed by atoms with Gasteiger partial charge in [-0.15, -0.1) is 0 Å². The topological polar surface area (TPSA) is 0 Å². The lowest BCUT2D eigenvalue weighted by molar-refractivity contribution is 0.784. The van der Waals surface area contributed by atoms with Crippen molar-refractivity contribution < 1.29 is 0 Å². The lowest BCUT2D eigenvalue weighted by Crippen LogP contribution is -2.27. The highest BCUT2D eigenvalue weighted by molar-refractivity contribution is 6.01. The van der Waals surface area contributed by atoms with Gasteiger partial charge in [-0.25, -0.2) is 0 Å². The zero-order valence-corrected chi connectivity index (χ0v) is 19.8. The number of hydrogen-bond acceptors (Lipinski definition) is 0. The summed E-state index contributed by atoms with van der Waals surface area (Å²) in [6, 6.07) is 45.6. The fourth-order valence-corrected chi connectivity index (χ4v) is 7.67. The minimum absolute atomic E-state index is 0.275. The van der Waals surface area contributed by atoms with Gasteiger partial charge in [0.1, 0.15) is 0 Å². The highest BCUT2D eigenvalue weighted by atomic mass is 14.5. The maximum absolute atomic E-state index is 2.40. The Bertz CT molecular complexity index is 1860. The fraction of sp³-hybridized carbons (Fsp3) is 0.0556. The number of hydrogen-bond donors (Lipinski definition) is 0. The van der Waals surface area contributed by atoms with Gasteiger partial charge in [0.15, 0.2) is 0 Å². The van der Waals surface area contributed by atoms with E-state index < -0.39 is 0 Å². The monoisotopic (exact) mass is 454 g/mol. The lowest BCUT2D eigenvalue weighted by Gasteiger charge is -2.32. The maximum atomic E-state index is 2.40. The third-order valence-corrected chi connectivity index (χ3v) is 8.95. The van der Waals surface area contributed by atoms with E-state index in [1.807, 2.05) is 0 Å². The van der Waals surface area contributed by atoms with Gasteiger partial charge >= 0.3 is 0 Å². The van der Waals surface area contributed by atoms with Crippen molar-refractivity contribution in [3.63, 3.8) is 0 Å². The maximum Gasteiger partial charge on any atom is 0.0728 e. The van der Waals surface area contributed by atoms with Crippen molar-refractivity contribution >= 4 is 10.8 Å². The fourth-order valence-electron chi connectivity index (χ4n) is 7.67. The van der Waals surface area contributed by atoms with Crippen molar-refractivity contribution in [2.24, 2.45) is 0 Å². The molecule has 0 saturated heterocycles. The van der Waals surface area contributed by atoms with Crippen molar-refractivity contribution in [1.29, 1.82) is 0 Å². The van der Waals surface area contributed by atoms with Gasteiger partial charge in [-0.05, 0) is 84.0 Å². The third-order valence-electron chi connectivity index (χ3n) is 8.95. The second kappa shape index (κ2) is 6.42. The van der Waals surface area contributed by atoms with Crippen LogP contribution in [0, 0.1) is 0 Å². The summed E-state index contributed by atoms with van der Waals surface area (Å²) in [4.78, 5) is 0. The van der Waals surface area contributed by atoms with Gasteiger partial charge in [-0.1, -0.05) is 121 Å². The highest BCUT2D eigenvalue weighted by Gasteiger charge is 2.53. The Morgan fingerprint density at radius 1 is 0.389 bits per heavy atom. The molecule has 0 N–H and O–H groups in total. The Balaban J connectivity index is 1.45. The quantitative estimate of drug-likeness (QED) is 0.215. The zero-order valence-electron chi connectivity index (χ0n) is 19.8. The molecule has 0 radical (unpaired) electrons. The smallest absolute Gasteiger partial charge is 0.0619 e. The first-order valence-electron chi connectivity index (χ1n) is 12.8. The van der Waals surface area contributed by atoms with E-state index in [2.05, 4.69) is 121 Å². The SMILES string of the molecule is c1ccc2c(c1)-c1ccccc1C21c2ccccc2-c2ccc3c(c21)Cc1c-3ccc2ccccc12. The summed E-state index contributed by atoms with van der Waals surface area (Å²) in [5, 5.41) is 2.71. The van der Waals surface area contributed by atoms with Crippen LogP contribution in [0.2, 0.25) is 0 Å². The van der Waals surface area contributed by atoms with Crippen molar-refractivity contribution in [3.05, 3.63) is 155 Å². The Morgan fingerprint density at radius 2 is 0.889 bits per heavy atom. The molecule has 0 aliphatic heterocycles. The molecule has 0 unspecified atom stereocenters. The number of rotatable bonds is 0. The Labute approximate surface area is 210 Å². The average molecular weight is 455 g/mol. The summed E-state index contributed by atoms with van der Waals surface area (Å²) in [5.41, 5.74) is 16.8. The van der Waals surface area contributed by atoms with E-state index in [0.29, 0.717) is 0 Å². The zero-order chi connectivity index (χ0) is 23.4. The van der Waals surface area contributed by atoms with Crippen molar-refractivity contribution in [2.45, 2.75) is 11.8 Å². The van der Waals surface area contributed by atoms with E-state index in [9.17, 15) is 0 Å². The third kappa shape index (κ3) is 2.01. The molecule has 166 valence electrons. The molecule has 0 nitrogen and oxygen atoms in total. The van der Waals surface area contributed by atoms with Crippen molar-refractivity contribution in [3.8, 4) is 33.4 Å². The minimum Gasteiger partial charge on any atom is -0.0619 e. The first kappa shape index (κ1) is 18.9. The Kier molecular flexibility index (Phi) is 3.36. The summed E-state index contributed by atoms with van der Waals surface area (Å²) in [6.45, 7) is 0. The van der Waals surface area contributed by atoms with Crippen LogP contribution in [0.25, 0.3) is 44.2 Å². The molecule has 1 spiro atoms. The highest BCUT2D eigenvalue weighted by Crippen LogP contribution is 2.65. The predicted octanol–water partition coefficient (Wildman–Crippen LogP) is 8.75. The van der Waals surface area contributed by atoms with Crippen LogP contribution in [0.4, 0.5) is 0 Å². The van der Waals surface area contributed by atoms with Crippen LogP contribution in [-0.2, 0) is 11.8 Å².